The van der Waals surface area contributed by atoms with E-state index in [-0.39, 0.29) is 12.4 Å². The van der Waals surface area contributed by atoms with Crippen molar-refractivity contribution in [3.8, 4) is 0 Å². The van der Waals surface area contributed by atoms with Crippen molar-refractivity contribution in [3.63, 3.8) is 0 Å². The quantitative estimate of drug-likeness (QED) is 0.610. The molecule has 0 aliphatic heterocycles. The minimum atomic E-state index is -0.527. The van der Waals surface area contributed by atoms with E-state index in [1.165, 1.54) is 37.5 Å². The molecule has 0 unspecified atom stereocenters. The molecule has 0 saturated heterocycles. The molecule has 0 saturated carbocycles. The molecule has 0 fully saturated rings. The van der Waals surface area contributed by atoms with E-state index in [1.54, 1.807) is 18.2 Å². The van der Waals surface area contributed by atoms with Crippen LogP contribution in [-0.4, -0.2) is 13.1 Å². The number of nitrogens with one attached hydrogen (secondary N) is 1. The molecule has 0 aliphatic carbocycles. The minimum absolute atomic E-state index is 0.211. The molecule has 0 atom stereocenters. The summed E-state index contributed by atoms with van der Waals surface area (Å²) < 4.78 is 32.5. The second kappa shape index (κ2) is 7.87. The number of methoxy groups -OCH3 is 1. The van der Waals surface area contributed by atoms with E-state index in [9.17, 15) is 13.6 Å². The molecule has 1 N–H and O–H groups in total. The number of rotatable bonds is 5. The average Bonchev–Trinajstić information content (AvgIpc) is 2.51. The second-order valence-electron chi connectivity index (χ2n) is 4.72. The number of hydrogen-bond donors (Lipinski definition) is 1. The third-order valence-electron chi connectivity index (χ3n) is 3.03. The smallest absolute Gasteiger partial charge is 0.330 e. The normalized spacial score (nSPS) is 10.8. The maximum Gasteiger partial charge on any atom is 0.330 e. The Morgan fingerprint density at radius 3 is 2.74 bits per heavy atom. The Morgan fingerprint density at radius 1 is 1.26 bits per heavy atom. The van der Waals surface area contributed by atoms with Gasteiger partial charge in [-0.25, -0.2) is 13.6 Å². The molecule has 2 rings (SSSR count). The Hall–Kier alpha value is -2.21. The highest BCUT2D eigenvalue weighted by molar-refractivity contribution is 9.10. The summed E-state index contributed by atoms with van der Waals surface area (Å²) in [5.41, 5.74) is 1.44. The van der Waals surface area contributed by atoms with Gasteiger partial charge in [-0.1, -0.05) is 22.0 Å². The van der Waals surface area contributed by atoms with Crippen molar-refractivity contribution < 1.29 is 18.3 Å². The van der Waals surface area contributed by atoms with Crippen LogP contribution in [0.25, 0.3) is 6.08 Å². The summed E-state index contributed by atoms with van der Waals surface area (Å²) >= 11 is 3.19. The van der Waals surface area contributed by atoms with Crippen LogP contribution in [0.4, 0.5) is 14.5 Å². The molecule has 2 aromatic rings. The molecule has 0 radical (unpaired) electrons. The Bertz CT molecular complexity index is 747. The summed E-state index contributed by atoms with van der Waals surface area (Å²) in [6.07, 6.45) is 2.65. The van der Waals surface area contributed by atoms with Crippen LogP contribution in [0.15, 0.2) is 46.9 Å². The van der Waals surface area contributed by atoms with Gasteiger partial charge >= 0.3 is 5.97 Å². The zero-order valence-corrected chi connectivity index (χ0v) is 13.9. The lowest BCUT2D eigenvalue weighted by atomic mass is 10.1. The van der Waals surface area contributed by atoms with E-state index in [0.29, 0.717) is 21.3 Å². The molecule has 3 nitrogen and oxygen atoms in total. The predicted octanol–water partition coefficient (Wildman–Crippen LogP) is 4.53. The van der Waals surface area contributed by atoms with Crippen molar-refractivity contribution in [2.75, 3.05) is 12.4 Å². The first-order valence-corrected chi connectivity index (χ1v) is 7.51. The molecule has 0 aliphatic rings. The fourth-order valence-electron chi connectivity index (χ4n) is 1.91. The van der Waals surface area contributed by atoms with E-state index in [1.807, 2.05) is 0 Å². The van der Waals surface area contributed by atoms with Crippen LogP contribution in [0, 0.1) is 11.6 Å². The van der Waals surface area contributed by atoms with Gasteiger partial charge in [0.05, 0.1) is 7.11 Å². The van der Waals surface area contributed by atoms with Crippen LogP contribution in [-0.2, 0) is 16.1 Å². The first kappa shape index (κ1) is 17.1. The van der Waals surface area contributed by atoms with E-state index in [0.717, 1.165) is 0 Å². The van der Waals surface area contributed by atoms with Crippen LogP contribution < -0.4 is 5.32 Å². The van der Waals surface area contributed by atoms with Gasteiger partial charge in [-0.3, -0.25) is 0 Å². The van der Waals surface area contributed by atoms with Gasteiger partial charge in [0.1, 0.15) is 11.6 Å². The van der Waals surface area contributed by atoms with E-state index in [2.05, 4.69) is 26.0 Å². The van der Waals surface area contributed by atoms with Gasteiger partial charge in [-0.15, -0.1) is 0 Å². The minimum Gasteiger partial charge on any atom is -0.466 e. The SMILES string of the molecule is COC(=O)/C=C/c1cc(F)cc(NCc2ccc(Br)cc2F)c1. The van der Waals surface area contributed by atoms with E-state index < -0.39 is 11.8 Å². The average molecular weight is 382 g/mol. The van der Waals surface area contributed by atoms with Crippen molar-refractivity contribution in [1.29, 1.82) is 0 Å². The molecule has 0 amide bonds. The van der Waals surface area contributed by atoms with Gasteiger partial charge in [0.15, 0.2) is 0 Å². The molecule has 23 heavy (non-hydrogen) atoms. The van der Waals surface area contributed by atoms with Crippen LogP contribution >= 0.6 is 15.9 Å². The molecule has 6 heteroatoms. The number of halogens is 3. The van der Waals surface area contributed by atoms with E-state index >= 15 is 0 Å². The van der Waals surface area contributed by atoms with E-state index in [4.69, 9.17) is 0 Å². The topological polar surface area (TPSA) is 38.3 Å². The van der Waals surface area contributed by atoms with Crippen molar-refractivity contribution in [2.24, 2.45) is 0 Å². The Kier molecular flexibility index (Phi) is 5.87. The number of hydrogen-bond acceptors (Lipinski definition) is 3. The molecule has 0 aromatic heterocycles. The third kappa shape index (κ3) is 5.17. The second-order valence-corrected chi connectivity index (χ2v) is 5.63. The number of benzene rings is 2. The highest BCUT2D eigenvalue weighted by atomic mass is 79.9. The lowest BCUT2D eigenvalue weighted by molar-refractivity contribution is -0.134. The van der Waals surface area contributed by atoms with Crippen LogP contribution in [0.5, 0.6) is 0 Å². The third-order valence-corrected chi connectivity index (χ3v) is 3.52. The Morgan fingerprint density at radius 2 is 2.04 bits per heavy atom. The van der Waals surface area contributed by atoms with Gasteiger partial charge in [0.25, 0.3) is 0 Å². The van der Waals surface area contributed by atoms with Gasteiger partial charge < -0.3 is 10.1 Å². The van der Waals surface area contributed by atoms with Gasteiger partial charge in [0.2, 0.25) is 0 Å². The van der Waals surface area contributed by atoms with Crippen LogP contribution in [0.3, 0.4) is 0 Å². The molecule has 0 heterocycles. The Labute approximate surface area is 141 Å². The van der Waals surface area contributed by atoms with Gasteiger partial charge in [-0.05, 0) is 42.0 Å². The van der Waals surface area contributed by atoms with Crippen molar-refractivity contribution in [1.82, 2.24) is 0 Å². The monoisotopic (exact) mass is 381 g/mol. The number of carbonyl (C=O) groups is 1. The zero-order chi connectivity index (χ0) is 16.8. The number of ether oxygens (including phenoxy) is 1. The van der Waals surface area contributed by atoms with Crippen LogP contribution in [0.2, 0.25) is 0 Å². The summed E-state index contributed by atoms with van der Waals surface area (Å²) in [5.74, 6) is -1.34. The van der Waals surface area contributed by atoms with Crippen molar-refractivity contribution >= 4 is 33.7 Å². The Balaban J connectivity index is 2.12. The number of carbonyl (C=O) groups excluding carboxylic acids is 1. The van der Waals surface area contributed by atoms with Crippen LogP contribution in [0.1, 0.15) is 11.1 Å². The highest BCUT2D eigenvalue weighted by Gasteiger charge is 2.04. The fraction of sp³-hybridized carbons (Fsp3) is 0.118. The fourth-order valence-corrected chi connectivity index (χ4v) is 2.24. The zero-order valence-electron chi connectivity index (χ0n) is 12.3. The summed E-state index contributed by atoms with van der Waals surface area (Å²) in [6, 6.07) is 8.98. The first-order valence-electron chi connectivity index (χ1n) is 6.72. The summed E-state index contributed by atoms with van der Waals surface area (Å²) in [4.78, 5) is 11.1. The summed E-state index contributed by atoms with van der Waals surface area (Å²) in [6.45, 7) is 0.211. The number of esters is 1. The lowest BCUT2D eigenvalue weighted by Gasteiger charge is -2.09. The molecule has 0 bridgehead atoms. The van der Waals surface area contributed by atoms with Crippen molar-refractivity contribution in [3.05, 3.63) is 69.7 Å². The number of anilines is 1. The largest absolute Gasteiger partial charge is 0.466 e. The summed E-state index contributed by atoms with van der Waals surface area (Å²) in [5, 5.41) is 2.96. The molecule has 0 spiro atoms. The lowest BCUT2D eigenvalue weighted by Crippen LogP contribution is -2.02. The summed E-state index contributed by atoms with van der Waals surface area (Å²) in [7, 11) is 1.26. The maximum absolute atomic E-state index is 13.8. The maximum atomic E-state index is 13.8. The van der Waals surface area contributed by atoms with Crippen molar-refractivity contribution in [2.45, 2.75) is 6.54 Å². The molecular weight excluding hydrogens is 368 g/mol. The molecular formula is C17H14BrF2NO2. The first-order chi connectivity index (χ1) is 11.0. The van der Waals surface area contributed by atoms with Gasteiger partial charge in [0, 0.05) is 28.3 Å². The van der Waals surface area contributed by atoms with Gasteiger partial charge in [-0.2, -0.15) is 0 Å². The predicted molar refractivity (Wildman–Crippen MR) is 88.9 cm³/mol. The highest BCUT2D eigenvalue weighted by Crippen LogP contribution is 2.19. The molecule has 120 valence electrons. The molecule has 2 aromatic carbocycles. The standard InChI is InChI=1S/C17H14BrF2NO2/c1-23-17(22)5-2-11-6-14(19)9-15(7-11)21-10-12-3-4-13(18)8-16(12)20/h2-9,21H,10H2,1H3/b5-2+.